The summed E-state index contributed by atoms with van der Waals surface area (Å²) in [5.74, 6) is 1.86. The van der Waals surface area contributed by atoms with E-state index in [1.807, 2.05) is 73.1 Å². The zero-order chi connectivity index (χ0) is 24.6. The number of rotatable bonds is 7. The zero-order valence-corrected chi connectivity index (χ0v) is 19.9. The normalized spacial score (nSPS) is 14.7. The first-order valence-electron chi connectivity index (χ1n) is 11.6. The molecule has 1 aliphatic heterocycles. The van der Waals surface area contributed by atoms with Crippen LogP contribution in [0.4, 0.5) is 5.82 Å². The molecule has 5 aromatic rings. The molecular formula is C27H24N6O3. The van der Waals surface area contributed by atoms with Crippen LogP contribution in [0, 0.1) is 6.92 Å². The fourth-order valence-corrected chi connectivity index (χ4v) is 4.23. The molecule has 0 saturated carbocycles. The molecule has 0 aliphatic carbocycles. The molecule has 0 spiro atoms. The number of nitrogens with two attached hydrogens (primary N) is 1. The molecule has 1 atom stereocenters. The van der Waals surface area contributed by atoms with Gasteiger partial charge in [-0.05, 0) is 60.5 Å². The lowest BCUT2D eigenvalue weighted by atomic mass is 9.98. The highest BCUT2D eigenvalue weighted by Gasteiger charge is 2.24. The molecule has 180 valence electrons. The van der Waals surface area contributed by atoms with Gasteiger partial charge in [0.25, 0.3) is 0 Å². The molecule has 0 bridgehead atoms. The van der Waals surface area contributed by atoms with Gasteiger partial charge in [0.15, 0.2) is 0 Å². The Morgan fingerprint density at radius 2 is 1.69 bits per heavy atom. The second kappa shape index (κ2) is 8.94. The number of nitrogen functional groups attached to an aromatic ring is 1. The van der Waals surface area contributed by atoms with Crippen LogP contribution in [0.5, 0.6) is 17.5 Å². The lowest BCUT2D eigenvalue weighted by Gasteiger charge is -2.11. The van der Waals surface area contributed by atoms with Crippen LogP contribution < -0.4 is 15.2 Å². The molecule has 1 saturated heterocycles. The summed E-state index contributed by atoms with van der Waals surface area (Å²) in [6.45, 7) is 3.22. The molecule has 0 unspecified atom stereocenters. The summed E-state index contributed by atoms with van der Waals surface area (Å²) in [6.07, 6.45) is 3.37. The van der Waals surface area contributed by atoms with Gasteiger partial charge < -0.3 is 24.5 Å². The van der Waals surface area contributed by atoms with Crippen molar-refractivity contribution >= 4 is 16.9 Å². The van der Waals surface area contributed by atoms with Gasteiger partial charge in [-0.25, -0.2) is 19.9 Å². The van der Waals surface area contributed by atoms with Crippen molar-refractivity contribution in [1.29, 1.82) is 0 Å². The number of hydrogen-bond acceptors (Lipinski definition) is 8. The van der Waals surface area contributed by atoms with E-state index in [9.17, 15) is 0 Å². The topological polar surface area (TPSA) is 114 Å². The van der Waals surface area contributed by atoms with E-state index in [-0.39, 0.29) is 6.10 Å². The van der Waals surface area contributed by atoms with Crippen LogP contribution >= 0.6 is 0 Å². The Morgan fingerprint density at radius 1 is 0.972 bits per heavy atom. The molecule has 2 aromatic carbocycles. The summed E-state index contributed by atoms with van der Waals surface area (Å²) in [5, 5.41) is 0.803. The smallest absolute Gasteiger partial charge is 0.322 e. The van der Waals surface area contributed by atoms with Gasteiger partial charge in [0, 0.05) is 24.5 Å². The predicted molar refractivity (Wildman–Crippen MR) is 136 cm³/mol. The molecule has 1 aliphatic rings. The number of nitrogens with zero attached hydrogens (tertiary/aromatic N) is 5. The number of benzene rings is 2. The lowest BCUT2D eigenvalue weighted by Crippen LogP contribution is -2.03. The van der Waals surface area contributed by atoms with Gasteiger partial charge in [-0.15, -0.1) is 0 Å². The van der Waals surface area contributed by atoms with Crippen molar-refractivity contribution in [3.63, 3.8) is 0 Å². The Bertz CT molecular complexity index is 1540. The Balaban J connectivity index is 1.40. The van der Waals surface area contributed by atoms with E-state index in [0.29, 0.717) is 24.2 Å². The van der Waals surface area contributed by atoms with E-state index < -0.39 is 0 Å². The zero-order valence-electron chi connectivity index (χ0n) is 19.9. The average Bonchev–Trinajstić information content (AvgIpc) is 3.67. The Morgan fingerprint density at radius 3 is 2.42 bits per heavy atom. The van der Waals surface area contributed by atoms with Gasteiger partial charge >= 0.3 is 6.01 Å². The van der Waals surface area contributed by atoms with Crippen LogP contribution in [0.3, 0.4) is 0 Å². The van der Waals surface area contributed by atoms with E-state index in [1.165, 1.54) is 6.33 Å². The van der Waals surface area contributed by atoms with Crippen LogP contribution in [0.15, 0.2) is 67.1 Å². The SMILES string of the molecule is Cc1ccnc(Oc2ccc(-c3c(-c4ccc(OC[C@@H]5CO5)cc4)n(C)c4ncnc(N)c34)cc2)n1. The lowest BCUT2D eigenvalue weighted by molar-refractivity contribution is 0.263. The largest absolute Gasteiger partial charge is 0.491 e. The van der Waals surface area contributed by atoms with Crippen molar-refractivity contribution in [2.75, 3.05) is 18.9 Å². The molecule has 9 heteroatoms. The van der Waals surface area contributed by atoms with E-state index in [2.05, 4.69) is 19.9 Å². The molecule has 2 N–H and O–H groups in total. The van der Waals surface area contributed by atoms with Crippen LogP contribution in [-0.2, 0) is 11.8 Å². The Kier molecular flexibility index (Phi) is 5.46. The summed E-state index contributed by atoms with van der Waals surface area (Å²) in [5.41, 5.74) is 11.8. The molecular weight excluding hydrogens is 456 g/mol. The number of hydrogen-bond donors (Lipinski definition) is 1. The van der Waals surface area contributed by atoms with E-state index >= 15 is 0 Å². The van der Waals surface area contributed by atoms with Gasteiger partial charge in [0.05, 0.1) is 17.7 Å². The molecule has 0 radical (unpaired) electrons. The minimum Gasteiger partial charge on any atom is -0.491 e. The first kappa shape index (κ1) is 22.0. The second-order valence-corrected chi connectivity index (χ2v) is 8.64. The molecule has 1 fully saturated rings. The summed E-state index contributed by atoms with van der Waals surface area (Å²) in [7, 11) is 1.98. The number of ether oxygens (including phenoxy) is 3. The molecule has 0 amide bonds. The van der Waals surface area contributed by atoms with Gasteiger partial charge in [-0.1, -0.05) is 12.1 Å². The highest BCUT2D eigenvalue weighted by atomic mass is 16.6. The van der Waals surface area contributed by atoms with Crippen molar-refractivity contribution in [2.24, 2.45) is 7.05 Å². The molecule has 4 heterocycles. The van der Waals surface area contributed by atoms with E-state index in [0.717, 1.165) is 51.5 Å². The minimum absolute atomic E-state index is 0.209. The van der Waals surface area contributed by atoms with Crippen molar-refractivity contribution in [3.8, 4) is 39.9 Å². The highest BCUT2D eigenvalue weighted by molar-refractivity contribution is 6.07. The monoisotopic (exact) mass is 480 g/mol. The summed E-state index contributed by atoms with van der Waals surface area (Å²) in [6, 6.07) is 17.9. The van der Waals surface area contributed by atoms with Crippen LogP contribution in [0.25, 0.3) is 33.4 Å². The maximum Gasteiger partial charge on any atom is 0.322 e. The fourth-order valence-electron chi connectivity index (χ4n) is 4.23. The summed E-state index contributed by atoms with van der Waals surface area (Å²) < 4.78 is 18.9. The van der Waals surface area contributed by atoms with Crippen molar-refractivity contribution in [1.82, 2.24) is 24.5 Å². The molecule has 6 rings (SSSR count). The molecule has 9 nitrogen and oxygen atoms in total. The summed E-state index contributed by atoms with van der Waals surface area (Å²) >= 11 is 0. The standard InChI is InChI=1S/C27H24N6O3/c1-16-11-12-29-27(32-16)36-20-9-3-17(4-10-20)22-23-25(28)30-15-31-26(23)33(2)24(22)18-5-7-19(8-6-18)34-13-21-14-35-21/h3-12,15,21H,13-14H2,1-2H3,(H2,28,30,31)/t21-/m1/s1. The van der Waals surface area contributed by atoms with Crippen LogP contribution in [0.1, 0.15) is 5.69 Å². The first-order valence-corrected chi connectivity index (χ1v) is 11.6. The number of epoxide rings is 1. The van der Waals surface area contributed by atoms with E-state index in [4.69, 9.17) is 19.9 Å². The molecule has 3 aromatic heterocycles. The van der Waals surface area contributed by atoms with Gasteiger partial charge in [0.1, 0.15) is 42.0 Å². The number of anilines is 1. The van der Waals surface area contributed by atoms with Gasteiger partial charge in [0.2, 0.25) is 0 Å². The first-order chi connectivity index (χ1) is 17.6. The molecule has 36 heavy (non-hydrogen) atoms. The van der Waals surface area contributed by atoms with Crippen molar-refractivity contribution in [3.05, 3.63) is 72.8 Å². The summed E-state index contributed by atoms with van der Waals surface area (Å²) in [4.78, 5) is 17.3. The predicted octanol–water partition coefficient (Wildman–Crippen LogP) is 4.55. The maximum absolute atomic E-state index is 6.36. The van der Waals surface area contributed by atoms with Gasteiger partial charge in [-0.2, -0.15) is 0 Å². The Labute approximate surface area is 207 Å². The maximum atomic E-state index is 6.36. The third-order valence-corrected chi connectivity index (χ3v) is 6.09. The average molecular weight is 481 g/mol. The minimum atomic E-state index is 0.209. The number of aryl methyl sites for hydroxylation is 2. The fraction of sp³-hybridized carbons (Fsp3) is 0.185. The van der Waals surface area contributed by atoms with Crippen LogP contribution in [-0.4, -0.2) is 43.8 Å². The number of fused-ring (bicyclic) bond motifs is 1. The van der Waals surface area contributed by atoms with Crippen molar-refractivity contribution in [2.45, 2.75) is 13.0 Å². The third-order valence-electron chi connectivity index (χ3n) is 6.09. The number of aromatic nitrogens is 5. The third kappa shape index (κ3) is 4.20. The van der Waals surface area contributed by atoms with E-state index in [1.54, 1.807) is 6.20 Å². The Hall–Kier alpha value is -4.50. The van der Waals surface area contributed by atoms with Crippen LogP contribution in [0.2, 0.25) is 0 Å². The second-order valence-electron chi connectivity index (χ2n) is 8.64. The van der Waals surface area contributed by atoms with Gasteiger partial charge in [-0.3, -0.25) is 0 Å². The van der Waals surface area contributed by atoms with Crippen molar-refractivity contribution < 1.29 is 14.2 Å². The quantitative estimate of drug-likeness (QED) is 0.338. The highest BCUT2D eigenvalue weighted by Crippen LogP contribution is 2.42.